The Balaban J connectivity index is 1.49. The van der Waals surface area contributed by atoms with Crippen molar-refractivity contribution >= 4 is 0 Å². The summed E-state index contributed by atoms with van der Waals surface area (Å²) in [6.07, 6.45) is 8.38. The molecule has 0 heterocycles. The molecule has 2 bridgehead atoms. The average Bonchev–Trinajstić information content (AvgIpc) is 2.90. The van der Waals surface area contributed by atoms with E-state index < -0.39 is 0 Å². The van der Waals surface area contributed by atoms with E-state index in [0.717, 1.165) is 30.7 Å². The summed E-state index contributed by atoms with van der Waals surface area (Å²) in [4.78, 5) is 0. The number of nitrogens with one attached hydrogen (secondary N) is 1. The Bertz CT molecular complexity index is 207. The Morgan fingerprint density at radius 3 is 2.81 bits per heavy atom. The first-order valence-corrected chi connectivity index (χ1v) is 7.11. The van der Waals surface area contributed by atoms with Gasteiger partial charge in [-0.3, -0.25) is 0 Å². The number of hydrogen-bond donors (Lipinski definition) is 2. The summed E-state index contributed by atoms with van der Waals surface area (Å²) in [5.74, 6) is 3.58. The van der Waals surface area contributed by atoms with Crippen molar-refractivity contribution in [2.24, 2.45) is 23.7 Å². The van der Waals surface area contributed by atoms with Gasteiger partial charge in [0.25, 0.3) is 0 Å². The van der Waals surface area contributed by atoms with Crippen molar-refractivity contribution < 1.29 is 5.11 Å². The summed E-state index contributed by atoms with van der Waals surface area (Å²) in [5, 5.41) is 12.5. The maximum atomic E-state index is 8.91. The lowest BCUT2D eigenvalue weighted by molar-refractivity contribution is 0.227. The van der Waals surface area contributed by atoms with Gasteiger partial charge in [-0.2, -0.15) is 0 Å². The molecule has 2 aliphatic rings. The highest BCUT2D eigenvalue weighted by Crippen LogP contribution is 2.47. The molecule has 2 N–H and O–H groups in total. The molecule has 2 aliphatic carbocycles. The minimum absolute atomic E-state index is 0.340. The summed E-state index contributed by atoms with van der Waals surface area (Å²) in [6, 6.07) is 0. The van der Waals surface area contributed by atoms with E-state index in [1.54, 1.807) is 0 Å². The minimum atomic E-state index is 0.340. The van der Waals surface area contributed by atoms with Crippen LogP contribution in [-0.4, -0.2) is 24.8 Å². The van der Waals surface area contributed by atoms with Crippen LogP contribution in [0.25, 0.3) is 0 Å². The number of rotatable bonds is 7. The van der Waals surface area contributed by atoms with Gasteiger partial charge in [0.2, 0.25) is 0 Å². The van der Waals surface area contributed by atoms with Crippen LogP contribution in [0.3, 0.4) is 0 Å². The van der Waals surface area contributed by atoms with Gasteiger partial charge >= 0.3 is 0 Å². The molecule has 0 spiro atoms. The van der Waals surface area contributed by atoms with Crippen LogP contribution in [0.1, 0.15) is 45.4 Å². The molecule has 2 fully saturated rings. The van der Waals surface area contributed by atoms with Gasteiger partial charge in [-0.1, -0.05) is 13.3 Å². The largest absolute Gasteiger partial charge is 0.396 e. The van der Waals surface area contributed by atoms with E-state index in [2.05, 4.69) is 12.2 Å². The van der Waals surface area contributed by atoms with Gasteiger partial charge in [0.05, 0.1) is 0 Å². The molecule has 4 unspecified atom stereocenters. The Labute approximate surface area is 99.8 Å². The van der Waals surface area contributed by atoms with Crippen LogP contribution in [0, 0.1) is 23.7 Å². The van der Waals surface area contributed by atoms with E-state index in [1.165, 1.54) is 38.6 Å². The van der Waals surface area contributed by atoms with E-state index >= 15 is 0 Å². The molecular formula is C14H27NO. The van der Waals surface area contributed by atoms with Crippen molar-refractivity contribution in [3.8, 4) is 0 Å². The van der Waals surface area contributed by atoms with Crippen LogP contribution in [0.2, 0.25) is 0 Å². The molecular weight excluding hydrogens is 198 g/mol. The van der Waals surface area contributed by atoms with Gasteiger partial charge in [-0.15, -0.1) is 0 Å². The van der Waals surface area contributed by atoms with Gasteiger partial charge in [0.15, 0.2) is 0 Å². The van der Waals surface area contributed by atoms with Crippen molar-refractivity contribution in [1.82, 2.24) is 5.32 Å². The second-order valence-electron chi connectivity index (χ2n) is 6.07. The van der Waals surface area contributed by atoms with Crippen molar-refractivity contribution in [1.29, 1.82) is 0 Å². The second kappa shape index (κ2) is 6.02. The number of aliphatic hydroxyl groups is 1. The maximum Gasteiger partial charge on any atom is 0.0456 e. The van der Waals surface area contributed by atoms with Gasteiger partial charge in [0.1, 0.15) is 0 Å². The molecule has 0 aromatic heterocycles. The predicted molar refractivity (Wildman–Crippen MR) is 67.3 cm³/mol. The number of fused-ring (bicyclic) bond motifs is 2. The third-order valence-electron chi connectivity index (χ3n) is 4.65. The first-order valence-electron chi connectivity index (χ1n) is 7.11. The molecule has 2 saturated carbocycles. The zero-order chi connectivity index (χ0) is 11.4. The van der Waals surface area contributed by atoms with Gasteiger partial charge in [0, 0.05) is 6.61 Å². The molecule has 0 saturated heterocycles. The minimum Gasteiger partial charge on any atom is -0.396 e. The molecule has 0 aromatic rings. The van der Waals surface area contributed by atoms with Crippen molar-refractivity contribution in [3.05, 3.63) is 0 Å². The highest BCUT2D eigenvalue weighted by Gasteiger charge is 2.38. The first kappa shape index (κ1) is 12.4. The molecule has 94 valence electrons. The average molecular weight is 225 g/mol. The lowest BCUT2D eigenvalue weighted by Gasteiger charge is -2.22. The molecule has 2 nitrogen and oxygen atoms in total. The standard InChI is InChI=1S/C14H27NO/c1-11(10-16)3-2-6-15-9-14-8-12-4-5-13(14)7-12/h11-16H,2-10H2,1H3. The topological polar surface area (TPSA) is 32.3 Å². The summed E-state index contributed by atoms with van der Waals surface area (Å²) in [7, 11) is 0. The summed E-state index contributed by atoms with van der Waals surface area (Å²) in [5.41, 5.74) is 0. The van der Waals surface area contributed by atoms with Crippen LogP contribution in [0.15, 0.2) is 0 Å². The molecule has 0 amide bonds. The molecule has 4 atom stereocenters. The Morgan fingerprint density at radius 1 is 1.31 bits per heavy atom. The summed E-state index contributed by atoms with van der Waals surface area (Å²) >= 11 is 0. The Kier molecular flexibility index (Phi) is 4.66. The molecule has 0 radical (unpaired) electrons. The number of hydrogen-bond acceptors (Lipinski definition) is 2. The Hall–Kier alpha value is -0.0800. The van der Waals surface area contributed by atoms with E-state index in [0.29, 0.717) is 12.5 Å². The third kappa shape index (κ3) is 3.21. The zero-order valence-electron chi connectivity index (χ0n) is 10.6. The summed E-state index contributed by atoms with van der Waals surface area (Å²) < 4.78 is 0. The highest BCUT2D eigenvalue weighted by molar-refractivity contribution is 4.90. The SMILES string of the molecule is CC(CO)CCCNCC1CC2CCC1C2. The van der Waals surface area contributed by atoms with Gasteiger partial charge in [-0.05, 0) is 68.9 Å². The van der Waals surface area contributed by atoms with Crippen molar-refractivity contribution in [2.75, 3.05) is 19.7 Å². The normalized spacial score (nSPS) is 34.5. The Morgan fingerprint density at radius 2 is 2.19 bits per heavy atom. The van der Waals surface area contributed by atoms with Crippen molar-refractivity contribution in [3.63, 3.8) is 0 Å². The highest BCUT2D eigenvalue weighted by atomic mass is 16.3. The van der Waals surface area contributed by atoms with Crippen LogP contribution in [0.4, 0.5) is 0 Å². The predicted octanol–water partition coefficient (Wildman–Crippen LogP) is 2.42. The van der Waals surface area contributed by atoms with E-state index in [4.69, 9.17) is 5.11 Å². The molecule has 2 rings (SSSR count). The quantitative estimate of drug-likeness (QED) is 0.652. The van der Waals surface area contributed by atoms with Crippen molar-refractivity contribution in [2.45, 2.75) is 45.4 Å². The van der Waals surface area contributed by atoms with E-state index in [1.807, 2.05) is 0 Å². The third-order valence-corrected chi connectivity index (χ3v) is 4.65. The molecule has 16 heavy (non-hydrogen) atoms. The molecule has 0 aromatic carbocycles. The fourth-order valence-corrected chi connectivity index (χ4v) is 3.58. The lowest BCUT2D eigenvalue weighted by atomic mass is 9.89. The zero-order valence-corrected chi connectivity index (χ0v) is 10.6. The number of aliphatic hydroxyl groups excluding tert-OH is 1. The van der Waals surface area contributed by atoms with Gasteiger partial charge < -0.3 is 10.4 Å². The summed E-state index contributed by atoms with van der Waals surface area (Å²) in [6.45, 7) is 4.84. The van der Waals surface area contributed by atoms with Crippen LogP contribution >= 0.6 is 0 Å². The maximum absolute atomic E-state index is 8.91. The molecule has 2 heteroatoms. The van der Waals surface area contributed by atoms with Crippen LogP contribution in [-0.2, 0) is 0 Å². The van der Waals surface area contributed by atoms with Crippen LogP contribution < -0.4 is 5.32 Å². The monoisotopic (exact) mass is 225 g/mol. The van der Waals surface area contributed by atoms with Gasteiger partial charge in [-0.25, -0.2) is 0 Å². The second-order valence-corrected chi connectivity index (χ2v) is 6.07. The smallest absolute Gasteiger partial charge is 0.0456 e. The van der Waals surface area contributed by atoms with E-state index in [-0.39, 0.29) is 0 Å². The van der Waals surface area contributed by atoms with E-state index in [9.17, 15) is 0 Å². The molecule has 0 aliphatic heterocycles. The first-order chi connectivity index (χ1) is 7.79. The van der Waals surface area contributed by atoms with Crippen LogP contribution in [0.5, 0.6) is 0 Å². The fourth-order valence-electron chi connectivity index (χ4n) is 3.58. The fraction of sp³-hybridized carbons (Fsp3) is 1.00. The lowest BCUT2D eigenvalue weighted by Crippen LogP contribution is -2.27.